The molecule has 3 rings (SSSR count). The molecule has 0 atom stereocenters. The van der Waals surface area contributed by atoms with Gasteiger partial charge < -0.3 is 18.9 Å². The van der Waals surface area contributed by atoms with E-state index in [1.165, 1.54) is 21.3 Å². The van der Waals surface area contributed by atoms with Gasteiger partial charge in [-0.2, -0.15) is 5.26 Å². The summed E-state index contributed by atoms with van der Waals surface area (Å²) in [6.45, 7) is 0. The number of hydrogen-bond acceptors (Lipinski definition) is 6. The van der Waals surface area contributed by atoms with Gasteiger partial charge in [-0.05, 0) is 53.6 Å². The molecule has 0 fully saturated rings. The molecule has 0 aliphatic heterocycles. The minimum Gasteiger partial charge on any atom is -0.497 e. The molecule has 0 aromatic heterocycles. The molecular formula is C25H20ClNO5. The molecule has 32 heavy (non-hydrogen) atoms. The highest BCUT2D eigenvalue weighted by Gasteiger charge is 2.15. The lowest BCUT2D eigenvalue weighted by molar-refractivity contribution is 0.0729. The maximum absolute atomic E-state index is 12.7. The number of methoxy groups -OCH3 is 3. The highest BCUT2D eigenvalue weighted by Crippen LogP contribution is 2.31. The molecule has 0 heterocycles. The van der Waals surface area contributed by atoms with E-state index in [0.717, 1.165) is 0 Å². The first kappa shape index (κ1) is 22.7. The van der Waals surface area contributed by atoms with Crippen LogP contribution >= 0.6 is 11.6 Å². The molecule has 3 aromatic carbocycles. The molecule has 0 unspecified atom stereocenters. The predicted molar refractivity (Wildman–Crippen MR) is 122 cm³/mol. The average molecular weight is 450 g/mol. The van der Waals surface area contributed by atoms with E-state index < -0.39 is 5.97 Å². The number of nitriles is 1. The van der Waals surface area contributed by atoms with Gasteiger partial charge in [0.15, 0.2) is 11.5 Å². The molecular weight excluding hydrogens is 430 g/mol. The molecule has 0 aliphatic rings. The highest BCUT2D eigenvalue weighted by molar-refractivity contribution is 6.30. The number of benzene rings is 3. The van der Waals surface area contributed by atoms with E-state index in [2.05, 4.69) is 6.07 Å². The van der Waals surface area contributed by atoms with E-state index in [9.17, 15) is 10.1 Å². The van der Waals surface area contributed by atoms with E-state index in [-0.39, 0.29) is 11.3 Å². The number of carbonyl (C=O) groups is 1. The van der Waals surface area contributed by atoms with Crippen molar-refractivity contribution in [3.05, 3.63) is 82.4 Å². The molecule has 0 saturated heterocycles. The number of ether oxygens (including phenoxy) is 4. The van der Waals surface area contributed by atoms with Crippen LogP contribution in [0, 0.1) is 11.3 Å². The molecule has 3 aromatic rings. The fourth-order valence-corrected chi connectivity index (χ4v) is 3.14. The van der Waals surface area contributed by atoms with Gasteiger partial charge in [-0.1, -0.05) is 29.8 Å². The summed E-state index contributed by atoms with van der Waals surface area (Å²) in [5.74, 6) is 0.908. The Labute approximate surface area is 191 Å². The molecule has 6 nitrogen and oxygen atoms in total. The van der Waals surface area contributed by atoms with Gasteiger partial charge in [0, 0.05) is 11.1 Å². The van der Waals surface area contributed by atoms with Crippen LogP contribution in [0.2, 0.25) is 5.02 Å². The van der Waals surface area contributed by atoms with Crippen molar-refractivity contribution in [1.82, 2.24) is 0 Å². The Kier molecular flexibility index (Phi) is 7.37. The fourth-order valence-electron chi connectivity index (χ4n) is 2.95. The number of esters is 1. The second kappa shape index (κ2) is 10.4. The first-order chi connectivity index (χ1) is 15.5. The van der Waals surface area contributed by atoms with Crippen LogP contribution in [0.3, 0.4) is 0 Å². The van der Waals surface area contributed by atoms with E-state index in [1.807, 2.05) is 0 Å². The summed E-state index contributed by atoms with van der Waals surface area (Å²) in [5, 5.41) is 10.1. The van der Waals surface area contributed by atoms with Crippen molar-refractivity contribution < 1.29 is 23.7 Å². The van der Waals surface area contributed by atoms with Crippen molar-refractivity contribution in [2.75, 3.05) is 21.3 Å². The highest BCUT2D eigenvalue weighted by atomic mass is 35.5. The number of allylic oxidation sites excluding steroid dienone is 1. The first-order valence-corrected chi connectivity index (χ1v) is 9.86. The number of rotatable bonds is 7. The quantitative estimate of drug-likeness (QED) is 0.201. The summed E-state index contributed by atoms with van der Waals surface area (Å²) in [6, 6.07) is 19.0. The Hall–Kier alpha value is -3.95. The van der Waals surface area contributed by atoms with Gasteiger partial charge in [-0.15, -0.1) is 0 Å². The van der Waals surface area contributed by atoms with Gasteiger partial charge in [0.25, 0.3) is 0 Å². The Bertz CT molecular complexity index is 1190. The van der Waals surface area contributed by atoms with Crippen molar-refractivity contribution >= 4 is 29.2 Å². The zero-order valence-electron chi connectivity index (χ0n) is 17.7. The van der Waals surface area contributed by atoms with Crippen LogP contribution in [-0.2, 0) is 0 Å². The molecule has 0 spiro atoms. The Balaban J connectivity index is 1.89. The predicted octanol–water partition coefficient (Wildman–Crippen LogP) is 5.65. The third-order valence-corrected chi connectivity index (χ3v) is 4.78. The summed E-state index contributed by atoms with van der Waals surface area (Å²) in [4.78, 5) is 12.7. The van der Waals surface area contributed by atoms with Gasteiger partial charge >= 0.3 is 5.97 Å². The maximum atomic E-state index is 12.7. The van der Waals surface area contributed by atoms with Gasteiger partial charge in [-0.3, -0.25) is 0 Å². The zero-order chi connectivity index (χ0) is 23.1. The van der Waals surface area contributed by atoms with Crippen LogP contribution in [0.25, 0.3) is 11.6 Å². The first-order valence-electron chi connectivity index (χ1n) is 9.48. The van der Waals surface area contributed by atoms with Crippen LogP contribution in [0.4, 0.5) is 0 Å². The minimum atomic E-state index is -0.597. The van der Waals surface area contributed by atoms with Gasteiger partial charge in [-0.25, -0.2) is 4.79 Å². The lowest BCUT2D eigenvalue weighted by Gasteiger charge is -2.12. The van der Waals surface area contributed by atoms with Crippen molar-refractivity contribution in [1.29, 1.82) is 5.26 Å². The van der Waals surface area contributed by atoms with E-state index in [4.69, 9.17) is 30.5 Å². The normalized spacial score (nSPS) is 10.8. The minimum absolute atomic E-state index is 0.234. The molecule has 0 radical (unpaired) electrons. The zero-order valence-corrected chi connectivity index (χ0v) is 18.5. The van der Waals surface area contributed by atoms with Crippen molar-refractivity contribution in [2.24, 2.45) is 0 Å². The smallest absolute Gasteiger partial charge is 0.343 e. The third kappa shape index (κ3) is 5.39. The Morgan fingerprint density at radius 2 is 1.59 bits per heavy atom. The third-order valence-electron chi connectivity index (χ3n) is 4.54. The lowest BCUT2D eigenvalue weighted by atomic mass is 10.0. The number of nitrogens with zero attached hydrogens (tertiary/aromatic N) is 1. The molecule has 0 aliphatic carbocycles. The molecule has 0 saturated carbocycles. The Morgan fingerprint density at radius 1 is 0.875 bits per heavy atom. The van der Waals surface area contributed by atoms with Crippen LogP contribution in [-0.4, -0.2) is 27.3 Å². The second-order valence-electron chi connectivity index (χ2n) is 6.58. The average Bonchev–Trinajstić information content (AvgIpc) is 2.82. The molecule has 0 bridgehead atoms. The van der Waals surface area contributed by atoms with E-state index in [0.29, 0.717) is 39.0 Å². The van der Waals surface area contributed by atoms with Crippen LogP contribution in [0.1, 0.15) is 21.5 Å². The number of hydrogen-bond donors (Lipinski definition) is 0. The summed E-state index contributed by atoms with van der Waals surface area (Å²) in [5.41, 5.74) is 2.09. The Morgan fingerprint density at radius 3 is 2.19 bits per heavy atom. The SMILES string of the molecule is COc1cc(OC)cc(C(=O)Oc2ccc(/C=C(/C#N)c3cccc(Cl)c3)cc2OC)c1. The van der Waals surface area contributed by atoms with Crippen molar-refractivity contribution in [3.8, 4) is 29.1 Å². The summed E-state index contributed by atoms with van der Waals surface area (Å²) in [6.07, 6.45) is 1.70. The largest absolute Gasteiger partial charge is 0.497 e. The van der Waals surface area contributed by atoms with Crippen molar-refractivity contribution in [2.45, 2.75) is 0 Å². The van der Waals surface area contributed by atoms with Crippen LogP contribution in [0.15, 0.2) is 60.7 Å². The fraction of sp³-hybridized carbons (Fsp3) is 0.120. The second-order valence-corrected chi connectivity index (χ2v) is 7.02. The number of halogens is 1. The standard InChI is InChI=1S/C25H20ClNO5/c1-29-21-12-18(13-22(14-21)30-2)25(28)32-23-8-7-16(10-24(23)31-3)9-19(15-27)17-5-4-6-20(26)11-17/h4-14H,1-3H3/b19-9-. The summed E-state index contributed by atoms with van der Waals surface area (Å²) < 4.78 is 21.3. The van der Waals surface area contributed by atoms with Gasteiger partial charge in [0.2, 0.25) is 0 Å². The van der Waals surface area contributed by atoms with Gasteiger partial charge in [0.1, 0.15) is 11.5 Å². The molecule has 162 valence electrons. The molecule has 0 amide bonds. The summed E-state index contributed by atoms with van der Waals surface area (Å²) >= 11 is 6.03. The van der Waals surface area contributed by atoms with Gasteiger partial charge in [0.05, 0.1) is 38.5 Å². The van der Waals surface area contributed by atoms with E-state index in [1.54, 1.807) is 66.7 Å². The maximum Gasteiger partial charge on any atom is 0.343 e. The lowest BCUT2D eigenvalue weighted by Crippen LogP contribution is -2.10. The summed E-state index contributed by atoms with van der Waals surface area (Å²) in [7, 11) is 4.47. The molecule has 7 heteroatoms. The van der Waals surface area contributed by atoms with Crippen molar-refractivity contribution in [3.63, 3.8) is 0 Å². The van der Waals surface area contributed by atoms with Crippen LogP contribution in [0.5, 0.6) is 23.0 Å². The molecule has 0 N–H and O–H groups in total. The van der Waals surface area contributed by atoms with Crippen LogP contribution < -0.4 is 18.9 Å². The topological polar surface area (TPSA) is 77.8 Å². The van der Waals surface area contributed by atoms with E-state index >= 15 is 0 Å². The number of carbonyl (C=O) groups excluding carboxylic acids is 1. The monoisotopic (exact) mass is 449 g/mol.